The SMILES string of the molecule is Cc1nc(C(C)N(C)CC(=O)Nc2ccc(C)c(C)c2)c(C)s1. The maximum atomic E-state index is 12.3. The summed E-state index contributed by atoms with van der Waals surface area (Å²) in [5.41, 5.74) is 4.31. The lowest BCUT2D eigenvalue weighted by atomic mass is 10.1. The second-order valence-electron chi connectivity index (χ2n) is 6.11. The van der Waals surface area contributed by atoms with Crippen LogP contribution >= 0.6 is 11.3 Å². The Morgan fingerprint density at radius 3 is 2.52 bits per heavy atom. The maximum Gasteiger partial charge on any atom is 0.238 e. The number of carbonyl (C=O) groups excluding carboxylic acids is 1. The van der Waals surface area contributed by atoms with Gasteiger partial charge in [-0.3, -0.25) is 9.69 Å². The summed E-state index contributed by atoms with van der Waals surface area (Å²) < 4.78 is 0. The van der Waals surface area contributed by atoms with E-state index >= 15 is 0 Å². The van der Waals surface area contributed by atoms with Crippen molar-refractivity contribution < 1.29 is 4.79 Å². The Bertz CT molecular complexity index is 708. The topological polar surface area (TPSA) is 45.2 Å². The van der Waals surface area contributed by atoms with Gasteiger partial charge >= 0.3 is 0 Å². The third kappa shape index (κ3) is 4.39. The highest BCUT2D eigenvalue weighted by atomic mass is 32.1. The molecule has 4 nitrogen and oxygen atoms in total. The van der Waals surface area contributed by atoms with Crippen molar-refractivity contribution >= 4 is 22.9 Å². The summed E-state index contributed by atoms with van der Waals surface area (Å²) in [4.78, 5) is 20.1. The minimum absolute atomic E-state index is 0.00722. The Hall–Kier alpha value is -1.72. The quantitative estimate of drug-likeness (QED) is 0.900. The third-order valence-corrected chi connectivity index (χ3v) is 5.08. The van der Waals surface area contributed by atoms with Crippen molar-refractivity contribution in [2.75, 3.05) is 18.9 Å². The molecule has 23 heavy (non-hydrogen) atoms. The molecule has 2 rings (SSSR count). The predicted molar refractivity (Wildman–Crippen MR) is 97.2 cm³/mol. The van der Waals surface area contributed by atoms with Gasteiger partial charge in [0, 0.05) is 10.6 Å². The van der Waals surface area contributed by atoms with E-state index in [1.807, 2.05) is 44.0 Å². The van der Waals surface area contributed by atoms with Crippen molar-refractivity contribution in [2.24, 2.45) is 0 Å². The molecule has 0 saturated heterocycles. The van der Waals surface area contributed by atoms with Gasteiger partial charge < -0.3 is 5.32 Å². The molecule has 2 aromatic rings. The summed E-state index contributed by atoms with van der Waals surface area (Å²) in [6.07, 6.45) is 0. The average Bonchev–Trinajstić information content (AvgIpc) is 2.80. The normalized spacial score (nSPS) is 12.5. The number of amides is 1. The lowest BCUT2D eigenvalue weighted by molar-refractivity contribution is -0.117. The molecule has 0 fully saturated rings. The summed E-state index contributed by atoms with van der Waals surface area (Å²) in [6.45, 7) is 10.6. The number of aromatic nitrogens is 1. The third-order valence-electron chi connectivity index (χ3n) is 4.18. The van der Waals surface area contributed by atoms with Crippen LogP contribution in [-0.4, -0.2) is 29.4 Å². The van der Waals surface area contributed by atoms with Crippen LogP contribution in [0.4, 0.5) is 5.69 Å². The zero-order chi connectivity index (χ0) is 17.1. The lowest BCUT2D eigenvalue weighted by Crippen LogP contribution is -2.32. The minimum atomic E-state index is -0.00722. The number of hydrogen-bond acceptors (Lipinski definition) is 4. The number of benzene rings is 1. The Balaban J connectivity index is 1.98. The first kappa shape index (κ1) is 17.6. The molecule has 1 aromatic carbocycles. The first-order valence-electron chi connectivity index (χ1n) is 7.79. The van der Waals surface area contributed by atoms with Crippen LogP contribution in [-0.2, 0) is 4.79 Å². The van der Waals surface area contributed by atoms with E-state index in [0.29, 0.717) is 6.54 Å². The van der Waals surface area contributed by atoms with Gasteiger partial charge in [-0.2, -0.15) is 0 Å². The fourth-order valence-corrected chi connectivity index (χ4v) is 3.43. The molecule has 124 valence electrons. The predicted octanol–water partition coefficient (Wildman–Crippen LogP) is 4.01. The maximum absolute atomic E-state index is 12.3. The number of likely N-dealkylation sites (N-methyl/N-ethyl adjacent to an activating group) is 1. The summed E-state index contributed by atoms with van der Waals surface area (Å²) in [5.74, 6) is -0.00722. The van der Waals surface area contributed by atoms with Gasteiger partial charge in [0.05, 0.1) is 23.3 Å². The van der Waals surface area contributed by atoms with Crippen LogP contribution in [0.15, 0.2) is 18.2 Å². The van der Waals surface area contributed by atoms with E-state index in [1.54, 1.807) is 11.3 Å². The van der Waals surface area contributed by atoms with Gasteiger partial charge in [-0.25, -0.2) is 4.98 Å². The number of carbonyl (C=O) groups is 1. The van der Waals surface area contributed by atoms with E-state index in [0.717, 1.165) is 16.4 Å². The molecule has 0 bridgehead atoms. The molecule has 1 aromatic heterocycles. The standard InChI is InChI=1S/C18H25N3OS/c1-11-7-8-16(9-12(11)2)20-17(22)10-21(6)13(3)18-14(4)23-15(5)19-18/h7-9,13H,10H2,1-6H3,(H,20,22). The summed E-state index contributed by atoms with van der Waals surface area (Å²) >= 11 is 1.70. The Morgan fingerprint density at radius 1 is 1.26 bits per heavy atom. The number of rotatable bonds is 5. The Labute approximate surface area is 142 Å². The largest absolute Gasteiger partial charge is 0.325 e. The van der Waals surface area contributed by atoms with Crippen LogP contribution < -0.4 is 5.32 Å². The van der Waals surface area contributed by atoms with E-state index in [2.05, 4.69) is 31.1 Å². The first-order chi connectivity index (χ1) is 10.8. The molecule has 1 heterocycles. The summed E-state index contributed by atoms with van der Waals surface area (Å²) in [7, 11) is 1.96. The summed E-state index contributed by atoms with van der Waals surface area (Å²) in [6, 6.07) is 6.09. The van der Waals surface area contributed by atoms with Crippen LogP contribution in [0.2, 0.25) is 0 Å². The van der Waals surface area contributed by atoms with Gasteiger partial charge in [-0.05, 0) is 64.9 Å². The van der Waals surface area contributed by atoms with E-state index in [4.69, 9.17) is 0 Å². The molecule has 1 unspecified atom stereocenters. The van der Waals surface area contributed by atoms with Gasteiger partial charge in [0.15, 0.2) is 0 Å². The monoisotopic (exact) mass is 331 g/mol. The number of thiazole rings is 1. The molecule has 0 saturated carbocycles. The Morgan fingerprint density at radius 2 is 1.96 bits per heavy atom. The number of hydrogen-bond donors (Lipinski definition) is 1. The Kier molecular flexibility index (Phi) is 5.55. The van der Waals surface area contributed by atoms with E-state index in [-0.39, 0.29) is 11.9 Å². The zero-order valence-electron chi connectivity index (χ0n) is 14.7. The molecular weight excluding hydrogens is 306 g/mol. The average molecular weight is 331 g/mol. The molecule has 0 aliphatic heterocycles. The fourth-order valence-electron chi connectivity index (χ4n) is 2.52. The highest BCUT2D eigenvalue weighted by Gasteiger charge is 2.19. The minimum Gasteiger partial charge on any atom is -0.325 e. The second kappa shape index (κ2) is 7.23. The number of anilines is 1. The molecule has 0 spiro atoms. The summed E-state index contributed by atoms with van der Waals surface area (Å²) in [5, 5.41) is 4.04. The zero-order valence-corrected chi connectivity index (χ0v) is 15.5. The van der Waals surface area contributed by atoms with Crippen molar-refractivity contribution in [3.63, 3.8) is 0 Å². The molecule has 1 amide bonds. The van der Waals surface area contributed by atoms with Crippen molar-refractivity contribution in [2.45, 2.75) is 40.7 Å². The van der Waals surface area contributed by atoms with Gasteiger partial charge in [-0.15, -0.1) is 11.3 Å². The van der Waals surface area contributed by atoms with Crippen LogP contribution in [0.1, 0.15) is 39.7 Å². The number of nitrogens with zero attached hydrogens (tertiary/aromatic N) is 2. The smallest absolute Gasteiger partial charge is 0.238 e. The van der Waals surface area contributed by atoms with Gasteiger partial charge in [0.25, 0.3) is 0 Å². The van der Waals surface area contributed by atoms with Gasteiger partial charge in [0.1, 0.15) is 0 Å². The van der Waals surface area contributed by atoms with Crippen molar-refractivity contribution in [1.82, 2.24) is 9.88 Å². The van der Waals surface area contributed by atoms with Crippen molar-refractivity contribution in [3.05, 3.63) is 44.9 Å². The lowest BCUT2D eigenvalue weighted by Gasteiger charge is -2.23. The fraction of sp³-hybridized carbons (Fsp3) is 0.444. The molecule has 1 N–H and O–H groups in total. The van der Waals surface area contributed by atoms with E-state index in [9.17, 15) is 4.79 Å². The van der Waals surface area contributed by atoms with Crippen LogP contribution in [0, 0.1) is 27.7 Å². The number of nitrogens with one attached hydrogen (secondary N) is 1. The van der Waals surface area contributed by atoms with Crippen LogP contribution in [0.25, 0.3) is 0 Å². The molecule has 0 aliphatic rings. The molecular formula is C18H25N3OS. The van der Waals surface area contributed by atoms with Gasteiger partial charge in [-0.1, -0.05) is 6.07 Å². The van der Waals surface area contributed by atoms with E-state index in [1.165, 1.54) is 16.0 Å². The van der Waals surface area contributed by atoms with Crippen LogP contribution in [0.5, 0.6) is 0 Å². The first-order valence-corrected chi connectivity index (χ1v) is 8.61. The highest BCUT2D eigenvalue weighted by Crippen LogP contribution is 2.25. The highest BCUT2D eigenvalue weighted by molar-refractivity contribution is 7.11. The van der Waals surface area contributed by atoms with Crippen LogP contribution in [0.3, 0.4) is 0 Å². The molecule has 1 atom stereocenters. The van der Waals surface area contributed by atoms with Crippen molar-refractivity contribution in [1.29, 1.82) is 0 Å². The second-order valence-corrected chi connectivity index (χ2v) is 7.52. The molecule has 0 radical (unpaired) electrons. The molecule has 0 aliphatic carbocycles. The van der Waals surface area contributed by atoms with Gasteiger partial charge in [0.2, 0.25) is 5.91 Å². The molecule has 5 heteroatoms. The number of aryl methyl sites for hydroxylation is 4. The van der Waals surface area contributed by atoms with Crippen molar-refractivity contribution in [3.8, 4) is 0 Å². The van der Waals surface area contributed by atoms with E-state index < -0.39 is 0 Å².